The highest BCUT2D eigenvalue weighted by Crippen LogP contribution is 2.29. The van der Waals surface area contributed by atoms with Gasteiger partial charge in [-0.15, -0.1) is 0 Å². The first-order valence-electron chi connectivity index (χ1n) is 6.52. The van der Waals surface area contributed by atoms with E-state index in [-0.39, 0.29) is 6.04 Å². The van der Waals surface area contributed by atoms with Gasteiger partial charge in [-0.1, -0.05) is 0 Å². The van der Waals surface area contributed by atoms with Crippen LogP contribution in [0.25, 0.3) is 0 Å². The third kappa shape index (κ3) is 2.36. The van der Waals surface area contributed by atoms with Gasteiger partial charge in [0, 0.05) is 19.0 Å². The lowest BCUT2D eigenvalue weighted by atomic mass is 10.0. The number of nitrogens with zero attached hydrogens (tertiary/aromatic N) is 3. The number of nitrogens with two attached hydrogens (primary N) is 1. The molecule has 0 amide bonds. The highest BCUT2D eigenvalue weighted by molar-refractivity contribution is 5.33. The predicted octanol–water partition coefficient (Wildman–Crippen LogP) is 1.46. The summed E-state index contributed by atoms with van der Waals surface area (Å²) in [7, 11) is 0. The molecule has 3 rings (SSSR count). The second kappa shape index (κ2) is 5.16. The molecule has 0 saturated carbocycles. The summed E-state index contributed by atoms with van der Waals surface area (Å²) < 4.78 is 28.4. The van der Waals surface area contributed by atoms with E-state index in [1.165, 1.54) is 12.1 Å². The Labute approximate surface area is 114 Å². The minimum Gasteiger partial charge on any atom is -0.354 e. The zero-order chi connectivity index (χ0) is 14.1. The van der Waals surface area contributed by atoms with Crippen molar-refractivity contribution in [2.75, 3.05) is 18.4 Å². The fourth-order valence-electron chi connectivity index (χ4n) is 2.46. The second-order valence-electron chi connectivity index (χ2n) is 4.77. The van der Waals surface area contributed by atoms with E-state index in [0.717, 1.165) is 6.07 Å². The molecule has 20 heavy (non-hydrogen) atoms. The summed E-state index contributed by atoms with van der Waals surface area (Å²) in [6, 6.07) is 3.34. The number of fused-ring (bicyclic) bond motifs is 1. The van der Waals surface area contributed by atoms with Crippen LogP contribution < -0.4 is 11.1 Å². The number of hydrogen-bond donors (Lipinski definition) is 2. The molecular formula is C13H15F2N5. The van der Waals surface area contributed by atoms with Crippen LogP contribution in [0.2, 0.25) is 0 Å². The van der Waals surface area contributed by atoms with E-state index in [9.17, 15) is 8.78 Å². The van der Waals surface area contributed by atoms with E-state index < -0.39 is 11.6 Å². The zero-order valence-corrected chi connectivity index (χ0v) is 10.8. The molecule has 1 aliphatic heterocycles. The largest absolute Gasteiger partial charge is 0.354 e. The van der Waals surface area contributed by atoms with Gasteiger partial charge in [-0.25, -0.2) is 13.5 Å². The minimum absolute atomic E-state index is 0.213. The van der Waals surface area contributed by atoms with Gasteiger partial charge in [-0.05, 0) is 30.7 Å². The summed E-state index contributed by atoms with van der Waals surface area (Å²) in [5.41, 5.74) is 6.06. The van der Waals surface area contributed by atoms with Gasteiger partial charge in [0.05, 0.1) is 6.04 Å². The Morgan fingerprint density at radius 3 is 2.75 bits per heavy atom. The van der Waals surface area contributed by atoms with Gasteiger partial charge in [-0.3, -0.25) is 0 Å². The van der Waals surface area contributed by atoms with Crippen LogP contribution in [-0.2, 0) is 6.42 Å². The first-order chi connectivity index (χ1) is 9.67. The molecule has 106 valence electrons. The van der Waals surface area contributed by atoms with Crippen LogP contribution in [-0.4, -0.2) is 27.9 Å². The number of anilines is 1. The SMILES string of the molecule is NCCc1nc2n(n1)C(c1cc(F)cc(F)c1)CCN2. The molecular weight excluding hydrogens is 264 g/mol. The van der Waals surface area contributed by atoms with Gasteiger partial charge < -0.3 is 11.1 Å². The molecule has 0 radical (unpaired) electrons. The molecule has 1 atom stereocenters. The van der Waals surface area contributed by atoms with Crippen LogP contribution in [0, 0.1) is 11.6 Å². The normalized spacial score (nSPS) is 17.6. The molecule has 1 aliphatic rings. The third-order valence-corrected chi connectivity index (χ3v) is 3.31. The fraction of sp³-hybridized carbons (Fsp3) is 0.385. The van der Waals surface area contributed by atoms with Gasteiger partial charge in [0.1, 0.15) is 11.6 Å². The first-order valence-corrected chi connectivity index (χ1v) is 6.52. The van der Waals surface area contributed by atoms with Crippen molar-refractivity contribution in [2.45, 2.75) is 18.9 Å². The van der Waals surface area contributed by atoms with Crippen molar-refractivity contribution in [3.8, 4) is 0 Å². The molecule has 0 fully saturated rings. The lowest BCUT2D eigenvalue weighted by Gasteiger charge is -2.24. The van der Waals surface area contributed by atoms with E-state index >= 15 is 0 Å². The van der Waals surface area contributed by atoms with Crippen LogP contribution >= 0.6 is 0 Å². The fourth-order valence-corrected chi connectivity index (χ4v) is 2.46. The zero-order valence-electron chi connectivity index (χ0n) is 10.8. The summed E-state index contributed by atoms with van der Waals surface area (Å²) in [5.74, 6) is 0.0953. The molecule has 0 saturated heterocycles. The molecule has 2 aromatic rings. The van der Waals surface area contributed by atoms with Gasteiger partial charge in [-0.2, -0.15) is 10.1 Å². The lowest BCUT2D eigenvalue weighted by molar-refractivity contribution is 0.469. The second-order valence-corrected chi connectivity index (χ2v) is 4.77. The van der Waals surface area contributed by atoms with Crippen molar-refractivity contribution in [3.05, 3.63) is 41.2 Å². The molecule has 3 N–H and O–H groups in total. The molecule has 7 heteroatoms. The number of aromatic nitrogens is 3. The summed E-state index contributed by atoms with van der Waals surface area (Å²) in [6.07, 6.45) is 1.27. The van der Waals surface area contributed by atoms with Crippen LogP contribution in [0.15, 0.2) is 18.2 Å². The van der Waals surface area contributed by atoms with Gasteiger partial charge in [0.15, 0.2) is 5.82 Å². The Bertz CT molecular complexity index is 605. The summed E-state index contributed by atoms with van der Waals surface area (Å²) in [5, 5.41) is 7.51. The number of hydrogen-bond acceptors (Lipinski definition) is 4. The average Bonchev–Trinajstić information content (AvgIpc) is 2.80. The summed E-state index contributed by atoms with van der Waals surface area (Å²) in [6.45, 7) is 1.15. The number of rotatable bonds is 3. The quantitative estimate of drug-likeness (QED) is 0.892. The number of nitrogens with one attached hydrogen (secondary N) is 1. The third-order valence-electron chi connectivity index (χ3n) is 3.31. The molecule has 5 nitrogen and oxygen atoms in total. The molecule has 1 aromatic carbocycles. The Morgan fingerprint density at radius 2 is 2.05 bits per heavy atom. The van der Waals surface area contributed by atoms with E-state index in [4.69, 9.17) is 5.73 Å². The number of halogens is 2. The Kier molecular flexibility index (Phi) is 3.35. The molecule has 2 heterocycles. The molecule has 0 spiro atoms. The minimum atomic E-state index is -0.581. The van der Waals surface area contributed by atoms with E-state index in [0.29, 0.717) is 43.3 Å². The van der Waals surface area contributed by atoms with E-state index in [2.05, 4.69) is 15.4 Å². The predicted molar refractivity (Wildman–Crippen MR) is 70.4 cm³/mol. The van der Waals surface area contributed by atoms with Crippen molar-refractivity contribution < 1.29 is 8.78 Å². The maximum absolute atomic E-state index is 13.4. The maximum atomic E-state index is 13.4. The monoisotopic (exact) mass is 279 g/mol. The van der Waals surface area contributed by atoms with Crippen molar-refractivity contribution in [1.29, 1.82) is 0 Å². The Balaban J connectivity index is 2.00. The average molecular weight is 279 g/mol. The van der Waals surface area contributed by atoms with Crippen molar-refractivity contribution in [3.63, 3.8) is 0 Å². The highest BCUT2D eigenvalue weighted by Gasteiger charge is 2.25. The van der Waals surface area contributed by atoms with Crippen LogP contribution in [0.4, 0.5) is 14.7 Å². The van der Waals surface area contributed by atoms with Gasteiger partial charge in [0.2, 0.25) is 5.95 Å². The molecule has 0 bridgehead atoms. The van der Waals surface area contributed by atoms with Crippen LogP contribution in [0.1, 0.15) is 23.9 Å². The maximum Gasteiger partial charge on any atom is 0.221 e. The summed E-state index contributed by atoms with van der Waals surface area (Å²) in [4.78, 5) is 4.33. The first kappa shape index (κ1) is 13.0. The Hall–Kier alpha value is -2.02. The van der Waals surface area contributed by atoms with Crippen molar-refractivity contribution in [1.82, 2.24) is 14.8 Å². The topological polar surface area (TPSA) is 68.8 Å². The Morgan fingerprint density at radius 1 is 1.30 bits per heavy atom. The van der Waals surface area contributed by atoms with Crippen molar-refractivity contribution in [2.24, 2.45) is 5.73 Å². The van der Waals surface area contributed by atoms with Crippen LogP contribution in [0.5, 0.6) is 0 Å². The highest BCUT2D eigenvalue weighted by atomic mass is 19.1. The van der Waals surface area contributed by atoms with Crippen molar-refractivity contribution >= 4 is 5.95 Å². The standard InChI is InChI=1S/C13H15F2N5/c14-9-5-8(6-10(15)7-9)11-2-4-17-13-18-12(1-3-16)19-20(11)13/h5-7,11H,1-4,16H2,(H,17,18,19). The van der Waals surface area contributed by atoms with Gasteiger partial charge in [0.25, 0.3) is 0 Å². The molecule has 0 aliphatic carbocycles. The van der Waals surface area contributed by atoms with Gasteiger partial charge >= 0.3 is 0 Å². The lowest BCUT2D eigenvalue weighted by Crippen LogP contribution is -2.25. The number of benzene rings is 1. The van der Waals surface area contributed by atoms with E-state index in [1.54, 1.807) is 4.68 Å². The van der Waals surface area contributed by atoms with E-state index in [1.807, 2.05) is 0 Å². The summed E-state index contributed by atoms with van der Waals surface area (Å²) >= 11 is 0. The molecule has 1 aromatic heterocycles. The molecule has 1 unspecified atom stereocenters. The smallest absolute Gasteiger partial charge is 0.221 e. The van der Waals surface area contributed by atoms with Crippen LogP contribution in [0.3, 0.4) is 0 Å².